The first kappa shape index (κ1) is 11.1. The number of hydrogen-bond donors (Lipinski definition) is 1. The van der Waals surface area contributed by atoms with Crippen LogP contribution in [0.5, 0.6) is 0 Å². The maximum Gasteiger partial charge on any atom is 0.123 e. The highest BCUT2D eigenvalue weighted by Crippen LogP contribution is 2.15. The molecule has 1 radical (unpaired) electrons. The predicted octanol–water partition coefficient (Wildman–Crippen LogP) is 2.49. The van der Waals surface area contributed by atoms with Gasteiger partial charge in [-0.05, 0) is 19.3 Å². The second-order valence-electron chi connectivity index (χ2n) is 4.30. The first-order valence-corrected chi connectivity index (χ1v) is 4.97. The molecule has 1 aliphatic carbocycles. The van der Waals surface area contributed by atoms with Gasteiger partial charge in [-0.2, -0.15) is 0 Å². The summed E-state index contributed by atoms with van der Waals surface area (Å²) in [6, 6.07) is 0. The summed E-state index contributed by atoms with van der Waals surface area (Å²) >= 11 is 0. The first-order chi connectivity index (χ1) is 6.49. The lowest BCUT2D eigenvalue weighted by molar-refractivity contribution is 0.0976. The van der Waals surface area contributed by atoms with Crippen LogP contribution in [0.3, 0.4) is 0 Å². The van der Waals surface area contributed by atoms with Crippen LogP contribution in [0, 0.1) is 24.2 Å². The highest BCUT2D eigenvalue weighted by Gasteiger charge is 2.18. The minimum Gasteiger partial charge on any atom is -0.378 e. The number of hydrogen-bond acceptors (Lipinski definition) is 1. The van der Waals surface area contributed by atoms with Gasteiger partial charge in [0.25, 0.3) is 0 Å². The standard InChI is InChI=1S/C13H17O/c1-11(2)10-13(3,14)9-8-12-6-4-5-7-12/h4-7,11,14H,10H2,1-3H3. The molecule has 0 aliphatic heterocycles. The van der Waals surface area contributed by atoms with Gasteiger partial charge in [-0.15, -0.1) is 0 Å². The van der Waals surface area contributed by atoms with Gasteiger partial charge >= 0.3 is 0 Å². The Kier molecular flexibility index (Phi) is 3.55. The zero-order valence-electron chi connectivity index (χ0n) is 9.04. The number of rotatable bonds is 2. The Labute approximate surface area is 86.5 Å². The molecule has 0 bridgehead atoms. The lowest BCUT2D eigenvalue weighted by Gasteiger charge is -2.18. The fourth-order valence-corrected chi connectivity index (χ4v) is 1.51. The minimum atomic E-state index is -0.870. The largest absolute Gasteiger partial charge is 0.378 e. The van der Waals surface area contributed by atoms with Crippen LogP contribution in [-0.4, -0.2) is 10.7 Å². The van der Waals surface area contributed by atoms with Crippen LogP contribution in [0.1, 0.15) is 27.2 Å². The van der Waals surface area contributed by atoms with Crippen molar-refractivity contribution >= 4 is 0 Å². The molecule has 1 aliphatic rings. The van der Waals surface area contributed by atoms with Gasteiger partial charge in [0, 0.05) is 12.0 Å². The second-order valence-corrected chi connectivity index (χ2v) is 4.30. The Bertz CT molecular complexity index is 308. The first-order valence-electron chi connectivity index (χ1n) is 4.97. The zero-order chi connectivity index (χ0) is 10.6. The molecule has 0 aromatic heterocycles. The molecular formula is C13H17O. The third kappa shape index (κ3) is 3.81. The third-order valence-corrected chi connectivity index (χ3v) is 1.94. The van der Waals surface area contributed by atoms with E-state index in [0.717, 1.165) is 5.57 Å². The van der Waals surface area contributed by atoms with Gasteiger partial charge in [-0.25, -0.2) is 0 Å². The average molecular weight is 189 g/mol. The van der Waals surface area contributed by atoms with Gasteiger partial charge in [0.15, 0.2) is 0 Å². The van der Waals surface area contributed by atoms with Gasteiger partial charge in [0.05, 0.1) is 0 Å². The highest BCUT2D eigenvalue weighted by atomic mass is 16.3. The van der Waals surface area contributed by atoms with Crippen LogP contribution in [-0.2, 0) is 0 Å². The lowest BCUT2D eigenvalue weighted by atomic mass is 9.95. The van der Waals surface area contributed by atoms with Gasteiger partial charge in [0.1, 0.15) is 5.60 Å². The molecule has 1 unspecified atom stereocenters. The van der Waals surface area contributed by atoms with Crippen LogP contribution in [0.25, 0.3) is 0 Å². The molecule has 0 spiro atoms. The number of allylic oxidation sites excluding steroid dienone is 4. The molecule has 1 atom stereocenters. The van der Waals surface area contributed by atoms with Crippen molar-refractivity contribution in [2.45, 2.75) is 32.8 Å². The normalized spacial score (nSPS) is 18.8. The van der Waals surface area contributed by atoms with Crippen molar-refractivity contribution in [3.63, 3.8) is 0 Å². The van der Waals surface area contributed by atoms with Crippen molar-refractivity contribution in [1.29, 1.82) is 0 Å². The van der Waals surface area contributed by atoms with E-state index in [2.05, 4.69) is 25.7 Å². The summed E-state index contributed by atoms with van der Waals surface area (Å²) < 4.78 is 0. The fraction of sp³-hybridized carbons (Fsp3) is 0.462. The van der Waals surface area contributed by atoms with E-state index in [1.54, 1.807) is 6.92 Å². The van der Waals surface area contributed by atoms with E-state index in [0.29, 0.717) is 12.3 Å². The smallest absolute Gasteiger partial charge is 0.123 e. The van der Waals surface area contributed by atoms with Crippen LogP contribution in [0.4, 0.5) is 0 Å². The quantitative estimate of drug-likeness (QED) is 0.662. The maximum atomic E-state index is 9.91. The minimum absolute atomic E-state index is 0.457. The maximum absolute atomic E-state index is 9.91. The summed E-state index contributed by atoms with van der Waals surface area (Å²) in [5.74, 6) is 6.33. The van der Waals surface area contributed by atoms with E-state index in [1.165, 1.54) is 0 Å². The van der Waals surface area contributed by atoms with Crippen LogP contribution >= 0.6 is 0 Å². The van der Waals surface area contributed by atoms with Gasteiger partial charge in [0.2, 0.25) is 0 Å². The number of aliphatic hydroxyl groups is 1. The van der Waals surface area contributed by atoms with Gasteiger partial charge < -0.3 is 5.11 Å². The van der Waals surface area contributed by atoms with Crippen molar-refractivity contribution in [3.8, 4) is 11.8 Å². The monoisotopic (exact) mass is 189 g/mol. The van der Waals surface area contributed by atoms with E-state index < -0.39 is 5.60 Å². The molecular weight excluding hydrogens is 172 g/mol. The van der Waals surface area contributed by atoms with Crippen molar-refractivity contribution < 1.29 is 5.11 Å². The molecule has 1 heteroatoms. The molecule has 0 fully saturated rings. The molecule has 14 heavy (non-hydrogen) atoms. The molecule has 1 rings (SSSR count). The Balaban J connectivity index is 2.60. The SMILES string of the molecule is CC(C)CC(C)(O)C#CC1=C[CH]C=C1. The lowest BCUT2D eigenvalue weighted by Crippen LogP contribution is -2.23. The Morgan fingerprint density at radius 2 is 2.21 bits per heavy atom. The van der Waals surface area contributed by atoms with Crippen LogP contribution in [0.15, 0.2) is 23.8 Å². The van der Waals surface area contributed by atoms with Gasteiger partial charge in [-0.1, -0.05) is 43.9 Å². The molecule has 0 amide bonds. The highest BCUT2D eigenvalue weighted by molar-refractivity contribution is 5.47. The molecule has 0 aromatic carbocycles. The second kappa shape index (κ2) is 4.48. The topological polar surface area (TPSA) is 20.2 Å². The Hall–Kier alpha value is -1.00. The van der Waals surface area contributed by atoms with Crippen molar-refractivity contribution in [1.82, 2.24) is 0 Å². The zero-order valence-corrected chi connectivity index (χ0v) is 9.04. The molecule has 1 N–H and O–H groups in total. The summed E-state index contributed by atoms with van der Waals surface area (Å²) in [7, 11) is 0. The van der Waals surface area contributed by atoms with Crippen LogP contribution < -0.4 is 0 Å². The average Bonchev–Trinajstić information content (AvgIpc) is 2.50. The van der Waals surface area contributed by atoms with Gasteiger partial charge in [-0.3, -0.25) is 0 Å². The summed E-state index contributed by atoms with van der Waals surface area (Å²) in [5.41, 5.74) is 0.0971. The van der Waals surface area contributed by atoms with Crippen molar-refractivity contribution in [2.24, 2.45) is 5.92 Å². The predicted molar refractivity (Wildman–Crippen MR) is 59.4 cm³/mol. The van der Waals surface area contributed by atoms with E-state index in [1.807, 2.05) is 24.6 Å². The summed E-state index contributed by atoms with van der Waals surface area (Å²) in [6.45, 7) is 5.93. The van der Waals surface area contributed by atoms with E-state index in [-0.39, 0.29) is 0 Å². The summed E-state index contributed by atoms with van der Waals surface area (Å²) in [5, 5.41) is 9.91. The summed E-state index contributed by atoms with van der Waals surface area (Å²) in [6.07, 6.45) is 8.49. The summed E-state index contributed by atoms with van der Waals surface area (Å²) in [4.78, 5) is 0. The third-order valence-electron chi connectivity index (χ3n) is 1.94. The molecule has 0 aromatic rings. The Morgan fingerprint density at radius 1 is 1.50 bits per heavy atom. The Morgan fingerprint density at radius 3 is 2.71 bits per heavy atom. The fourth-order valence-electron chi connectivity index (χ4n) is 1.51. The molecule has 1 nitrogen and oxygen atoms in total. The van der Waals surface area contributed by atoms with E-state index >= 15 is 0 Å². The molecule has 75 valence electrons. The van der Waals surface area contributed by atoms with Crippen molar-refractivity contribution in [2.75, 3.05) is 0 Å². The molecule has 0 saturated heterocycles. The van der Waals surface area contributed by atoms with E-state index in [9.17, 15) is 5.11 Å². The molecule has 0 heterocycles. The van der Waals surface area contributed by atoms with Crippen molar-refractivity contribution in [3.05, 3.63) is 30.2 Å². The van der Waals surface area contributed by atoms with Crippen LogP contribution in [0.2, 0.25) is 0 Å². The van der Waals surface area contributed by atoms with E-state index in [4.69, 9.17) is 0 Å². The molecule has 0 saturated carbocycles.